The molecule has 2 aromatic heterocycles. The summed E-state index contributed by atoms with van der Waals surface area (Å²) in [7, 11) is -3.66. The molecule has 162 valence electrons. The van der Waals surface area contributed by atoms with Crippen LogP contribution in [-0.4, -0.2) is 44.7 Å². The van der Waals surface area contributed by atoms with E-state index in [1.165, 1.54) is 12.1 Å². The van der Waals surface area contributed by atoms with Crippen molar-refractivity contribution in [2.45, 2.75) is 17.9 Å². The van der Waals surface area contributed by atoms with Gasteiger partial charge in [0.15, 0.2) is 5.58 Å². The highest BCUT2D eigenvalue weighted by Gasteiger charge is 2.28. The molecule has 1 N–H and O–H groups in total. The first-order valence-corrected chi connectivity index (χ1v) is 11.7. The molecular formula is C22H22FN3O4S. The molecule has 31 heavy (non-hydrogen) atoms. The van der Waals surface area contributed by atoms with Gasteiger partial charge in [-0.3, -0.25) is 0 Å². The van der Waals surface area contributed by atoms with Crippen LogP contribution >= 0.6 is 0 Å². The minimum absolute atomic E-state index is 0.0513. The molecule has 0 aliphatic carbocycles. The Balaban J connectivity index is 1.07. The molecule has 0 spiro atoms. The summed E-state index contributed by atoms with van der Waals surface area (Å²) in [5.41, 5.74) is 1.86. The van der Waals surface area contributed by atoms with E-state index in [0.29, 0.717) is 17.7 Å². The van der Waals surface area contributed by atoms with Crippen molar-refractivity contribution < 1.29 is 21.7 Å². The van der Waals surface area contributed by atoms with Gasteiger partial charge in [-0.25, -0.2) is 17.5 Å². The van der Waals surface area contributed by atoms with Gasteiger partial charge < -0.3 is 13.8 Å². The number of sulfonamides is 1. The quantitative estimate of drug-likeness (QED) is 0.448. The van der Waals surface area contributed by atoms with Gasteiger partial charge in [-0.05, 0) is 43.5 Å². The molecule has 0 atom stereocenters. The molecule has 0 unspecified atom stereocenters. The van der Waals surface area contributed by atoms with Crippen LogP contribution in [0.2, 0.25) is 0 Å². The zero-order valence-corrected chi connectivity index (χ0v) is 17.6. The van der Waals surface area contributed by atoms with E-state index in [0.717, 1.165) is 48.9 Å². The van der Waals surface area contributed by atoms with Crippen molar-refractivity contribution in [3.63, 3.8) is 0 Å². The summed E-state index contributed by atoms with van der Waals surface area (Å²) in [6, 6.07) is 13.2. The number of para-hydroxylation sites is 1. The predicted molar refractivity (Wildman–Crippen MR) is 114 cm³/mol. The molecule has 0 amide bonds. The third-order valence-corrected chi connectivity index (χ3v) is 6.94. The van der Waals surface area contributed by atoms with Crippen LogP contribution in [0.5, 0.6) is 0 Å². The van der Waals surface area contributed by atoms with Gasteiger partial charge in [-0.2, -0.15) is 0 Å². The molecule has 1 aliphatic heterocycles. The number of hydrogen-bond donors (Lipinski definition) is 1. The Morgan fingerprint density at radius 3 is 2.81 bits per heavy atom. The zero-order chi connectivity index (χ0) is 21.4. The minimum Gasteiger partial charge on any atom is -0.443 e. The first-order chi connectivity index (χ1) is 15.0. The number of nitrogens with one attached hydrogen (secondary N) is 1. The molecule has 7 nitrogen and oxygen atoms in total. The van der Waals surface area contributed by atoms with Crippen molar-refractivity contribution in [3.8, 4) is 0 Å². The lowest BCUT2D eigenvalue weighted by atomic mass is 10.00. The molecule has 0 radical (unpaired) electrons. The highest BCUT2D eigenvalue weighted by Crippen LogP contribution is 2.24. The first-order valence-electron chi connectivity index (χ1n) is 10.2. The van der Waals surface area contributed by atoms with Crippen molar-refractivity contribution in [3.05, 3.63) is 60.0 Å². The summed E-state index contributed by atoms with van der Waals surface area (Å²) in [4.78, 5) is 2.28. The lowest BCUT2D eigenvalue weighted by Gasteiger charge is -2.39. The van der Waals surface area contributed by atoms with E-state index in [-0.39, 0.29) is 16.8 Å². The maximum Gasteiger partial charge on any atom is 0.274 e. The van der Waals surface area contributed by atoms with Crippen LogP contribution in [0.4, 0.5) is 4.39 Å². The van der Waals surface area contributed by atoms with Crippen molar-refractivity contribution in [2.75, 3.05) is 26.2 Å². The number of nitrogens with zero attached hydrogens (tertiary/aromatic N) is 2. The van der Waals surface area contributed by atoms with Crippen LogP contribution in [-0.2, 0) is 16.4 Å². The van der Waals surface area contributed by atoms with Crippen molar-refractivity contribution in [1.82, 2.24) is 14.8 Å². The van der Waals surface area contributed by atoms with Gasteiger partial charge in [-0.15, -0.1) is 0 Å². The Bertz CT molecular complexity index is 1290. The van der Waals surface area contributed by atoms with E-state index in [9.17, 15) is 12.8 Å². The van der Waals surface area contributed by atoms with Crippen LogP contribution in [0.1, 0.15) is 12.1 Å². The maximum atomic E-state index is 13.2. The molecule has 1 saturated heterocycles. The standard InChI is InChI=1S/C22H22FN3O4S/c23-17-7-8-18-19(25-30-21(18)11-17)5-3-9-26-13-15(14-26)12-24-31(27,28)22-10-16-4-1-2-6-20(16)29-22/h1-2,4,6-8,10-11,15,24H,3,5,9,12-14H2. The Hall–Kier alpha value is -2.75. The smallest absolute Gasteiger partial charge is 0.274 e. The van der Waals surface area contributed by atoms with Gasteiger partial charge >= 0.3 is 0 Å². The number of rotatable bonds is 8. The summed E-state index contributed by atoms with van der Waals surface area (Å²) in [5.74, 6) is -0.0622. The van der Waals surface area contributed by atoms with Crippen LogP contribution < -0.4 is 4.72 Å². The average Bonchev–Trinajstić information content (AvgIpc) is 3.33. The Morgan fingerprint density at radius 1 is 1.13 bits per heavy atom. The maximum absolute atomic E-state index is 13.2. The van der Waals surface area contributed by atoms with E-state index in [2.05, 4.69) is 14.8 Å². The zero-order valence-electron chi connectivity index (χ0n) is 16.8. The fourth-order valence-electron chi connectivity index (χ4n) is 3.99. The molecule has 0 bridgehead atoms. The van der Waals surface area contributed by atoms with Gasteiger partial charge in [0.05, 0.1) is 5.69 Å². The monoisotopic (exact) mass is 443 g/mol. The summed E-state index contributed by atoms with van der Waals surface area (Å²) in [6.45, 7) is 2.96. The van der Waals surface area contributed by atoms with Gasteiger partial charge in [0, 0.05) is 42.5 Å². The van der Waals surface area contributed by atoms with E-state index in [4.69, 9.17) is 8.94 Å². The minimum atomic E-state index is -3.66. The normalized spacial score (nSPS) is 15.6. The second-order valence-electron chi connectivity index (χ2n) is 7.95. The van der Waals surface area contributed by atoms with E-state index in [1.54, 1.807) is 18.2 Å². The molecule has 5 rings (SSSR count). The van der Waals surface area contributed by atoms with Gasteiger partial charge in [0.25, 0.3) is 10.0 Å². The first kappa shape index (κ1) is 20.2. The lowest BCUT2D eigenvalue weighted by molar-refractivity contribution is 0.102. The number of halogens is 1. The number of benzene rings is 2. The Labute approximate surface area is 178 Å². The van der Waals surface area contributed by atoms with Gasteiger partial charge in [0.1, 0.15) is 11.4 Å². The fourth-order valence-corrected chi connectivity index (χ4v) is 5.07. The third kappa shape index (κ3) is 4.21. The predicted octanol–water partition coefficient (Wildman–Crippen LogP) is 3.56. The van der Waals surface area contributed by atoms with Gasteiger partial charge in [-0.1, -0.05) is 23.4 Å². The highest BCUT2D eigenvalue weighted by molar-refractivity contribution is 7.89. The third-order valence-electron chi connectivity index (χ3n) is 5.66. The number of aryl methyl sites for hydroxylation is 1. The lowest BCUT2D eigenvalue weighted by Crippen LogP contribution is -2.51. The molecule has 2 aromatic carbocycles. The van der Waals surface area contributed by atoms with Crippen LogP contribution in [0, 0.1) is 11.7 Å². The molecule has 4 aromatic rings. The molecule has 1 aliphatic rings. The highest BCUT2D eigenvalue weighted by atomic mass is 32.2. The average molecular weight is 444 g/mol. The largest absolute Gasteiger partial charge is 0.443 e. The number of likely N-dealkylation sites (tertiary alicyclic amines) is 1. The number of aromatic nitrogens is 1. The topological polar surface area (TPSA) is 88.6 Å². The summed E-state index contributed by atoms with van der Waals surface area (Å²) >= 11 is 0. The van der Waals surface area contributed by atoms with E-state index < -0.39 is 10.0 Å². The summed E-state index contributed by atoms with van der Waals surface area (Å²) < 4.78 is 51.6. The molecular weight excluding hydrogens is 421 g/mol. The van der Waals surface area contributed by atoms with E-state index in [1.807, 2.05) is 18.2 Å². The van der Waals surface area contributed by atoms with Crippen molar-refractivity contribution >= 4 is 32.0 Å². The fraction of sp³-hybridized carbons (Fsp3) is 0.318. The van der Waals surface area contributed by atoms with Crippen LogP contribution in [0.3, 0.4) is 0 Å². The summed E-state index contributed by atoms with van der Waals surface area (Å²) in [6.07, 6.45) is 1.65. The molecule has 1 fully saturated rings. The van der Waals surface area contributed by atoms with Crippen LogP contribution in [0.25, 0.3) is 21.9 Å². The Kier molecular flexibility index (Phi) is 5.25. The van der Waals surface area contributed by atoms with E-state index >= 15 is 0 Å². The second-order valence-corrected chi connectivity index (χ2v) is 9.65. The molecule has 3 heterocycles. The Morgan fingerprint density at radius 2 is 1.97 bits per heavy atom. The number of furan rings is 1. The summed E-state index contributed by atoms with van der Waals surface area (Å²) in [5, 5.41) is 5.61. The van der Waals surface area contributed by atoms with Crippen LogP contribution in [0.15, 0.2) is 62.6 Å². The second kappa shape index (κ2) is 8.07. The molecule has 0 saturated carbocycles. The molecule has 9 heteroatoms. The SMILES string of the molecule is O=S(=O)(NCC1CN(CCCc2noc3cc(F)ccc23)C1)c1cc2ccccc2o1. The van der Waals surface area contributed by atoms with Crippen molar-refractivity contribution in [1.29, 1.82) is 0 Å². The number of hydrogen-bond acceptors (Lipinski definition) is 6. The number of fused-ring (bicyclic) bond motifs is 2. The van der Waals surface area contributed by atoms with Crippen molar-refractivity contribution in [2.24, 2.45) is 5.92 Å². The van der Waals surface area contributed by atoms with Gasteiger partial charge in [0.2, 0.25) is 5.09 Å².